The van der Waals surface area contributed by atoms with Gasteiger partial charge >= 0.3 is 0 Å². The average Bonchev–Trinajstić information content (AvgIpc) is 2.91. The van der Waals surface area contributed by atoms with Gasteiger partial charge in [0.25, 0.3) is 0 Å². The zero-order valence-corrected chi connectivity index (χ0v) is 11.9. The predicted molar refractivity (Wildman–Crippen MR) is 79.5 cm³/mol. The average molecular weight is 301 g/mol. The monoisotopic (exact) mass is 300 g/mol. The maximum Gasteiger partial charge on any atom is 0.231 e. The summed E-state index contributed by atoms with van der Waals surface area (Å²) in [4.78, 5) is 4.34. The number of nitrogens with zero attached hydrogens (tertiary/aromatic N) is 2. The van der Waals surface area contributed by atoms with Crippen LogP contribution in [0.4, 0.5) is 0 Å². The molecule has 0 fully saturated rings. The van der Waals surface area contributed by atoms with Gasteiger partial charge in [0.2, 0.25) is 5.89 Å². The van der Waals surface area contributed by atoms with Crippen LogP contribution in [0.3, 0.4) is 0 Å². The summed E-state index contributed by atoms with van der Waals surface area (Å²) < 4.78 is 5.22. The summed E-state index contributed by atoms with van der Waals surface area (Å²) in [5.74, 6) is 1.33. The smallest absolute Gasteiger partial charge is 0.231 e. The quantitative estimate of drug-likeness (QED) is 0.799. The molecule has 0 saturated heterocycles. The van der Waals surface area contributed by atoms with Crippen LogP contribution in [0.2, 0.25) is 5.02 Å². The topological polar surface area (TPSA) is 59.2 Å². The molecule has 0 aliphatic carbocycles. The third-order valence-corrected chi connectivity index (χ3v) is 3.37. The minimum atomic E-state index is 0.231. The number of rotatable bonds is 4. The molecule has 0 spiro atoms. The highest BCUT2D eigenvalue weighted by atomic mass is 35.5. The Morgan fingerprint density at radius 3 is 2.52 bits per heavy atom. The lowest BCUT2D eigenvalue weighted by molar-refractivity contribution is 0.378. The van der Waals surface area contributed by atoms with Gasteiger partial charge in [0, 0.05) is 17.0 Å². The summed E-state index contributed by atoms with van der Waals surface area (Å²) in [7, 11) is 0. The van der Waals surface area contributed by atoms with Gasteiger partial charge < -0.3 is 9.63 Å². The van der Waals surface area contributed by atoms with Crippen LogP contribution in [0.15, 0.2) is 53.1 Å². The maximum absolute atomic E-state index is 9.74. The van der Waals surface area contributed by atoms with Crippen molar-refractivity contribution in [3.05, 3.63) is 76.4 Å². The minimum absolute atomic E-state index is 0.231. The van der Waals surface area contributed by atoms with E-state index < -0.39 is 0 Å². The Kier molecular flexibility index (Phi) is 3.88. The van der Waals surface area contributed by atoms with Gasteiger partial charge in [-0.1, -0.05) is 47.1 Å². The summed E-state index contributed by atoms with van der Waals surface area (Å²) >= 11 is 5.85. The van der Waals surface area contributed by atoms with E-state index in [0.29, 0.717) is 29.6 Å². The predicted octanol–water partition coefficient (Wildman–Crippen LogP) is 3.61. The van der Waals surface area contributed by atoms with Crippen LogP contribution in [0.1, 0.15) is 22.8 Å². The largest absolute Gasteiger partial charge is 0.508 e. The van der Waals surface area contributed by atoms with E-state index in [0.717, 1.165) is 11.1 Å². The van der Waals surface area contributed by atoms with Crippen LogP contribution < -0.4 is 0 Å². The van der Waals surface area contributed by atoms with Crippen molar-refractivity contribution in [2.45, 2.75) is 12.8 Å². The van der Waals surface area contributed by atoms with E-state index in [2.05, 4.69) is 10.1 Å². The fraction of sp³-hybridized carbons (Fsp3) is 0.125. The van der Waals surface area contributed by atoms with Crippen molar-refractivity contribution in [2.24, 2.45) is 0 Å². The number of aromatic hydroxyl groups is 1. The van der Waals surface area contributed by atoms with Gasteiger partial charge in [-0.15, -0.1) is 0 Å². The van der Waals surface area contributed by atoms with Gasteiger partial charge in [-0.2, -0.15) is 4.98 Å². The number of benzene rings is 2. The Labute approximate surface area is 127 Å². The minimum Gasteiger partial charge on any atom is -0.508 e. The first-order chi connectivity index (χ1) is 10.2. The molecule has 4 nitrogen and oxygen atoms in total. The maximum atomic E-state index is 9.74. The molecular weight excluding hydrogens is 288 g/mol. The van der Waals surface area contributed by atoms with Gasteiger partial charge in [0.15, 0.2) is 5.82 Å². The Morgan fingerprint density at radius 1 is 1.00 bits per heavy atom. The van der Waals surface area contributed by atoms with Crippen LogP contribution in [0, 0.1) is 0 Å². The molecule has 0 atom stereocenters. The molecule has 0 unspecified atom stereocenters. The molecular formula is C16H13ClN2O2. The lowest BCUT2D eigenvalue weighted by Gasteiger charge is -1.99. The second-order valence-electron chi connectivity index (χ2n) is 4.71. The molecule has 3 aromatic rings. The fourth-order valence-corrected chi connectivity index (χ4v) is 2.17. The number of phenolic OH excluding ortho intramolecular Hbond substituents is 1. The van der Waals surface area contributed by atoms with Crippen LogP contribution in [-0.4, -0.2) is 15.2 Å². The summed E-state index contributed by atoms with van der Waals surface area (Å²) in [6.07, 6.45) is 1.00. The highest BCUT2D eigenvalue weighted by molar-refractivity contribution is 6.30. The lowest BCUT2D eigenvalue weighted by atomic mass is 10.1. The Bertz CT molecular complexity index is 738. The molecule has 0 saturated carbocycles. The molecule has 1 heterocycles. The van der Waals surface area contributed by atoms with E-state index in [1.54, 1.807) is 12.1 Å². The van der Waals surface area contributed by atoms with Gasteiger partial charge in [0.05, 0.1) is 6.42 Å². The highest BCUT2D eigenvalue weighted by Crippen LogP contribution is 2.19. The third-order valence-electron chi connectivity index (χ3n) is 3.12. The fourth-order valence-electron chi connectivity index (χ4n) is 2.04. The van der Waals surface area contributed by atoms with Crippen molar-refractivity contribution in [1.82, 2.24) is 10.1 Å². The normalized spacial score (nSPS) is 10.7. The van der Waals surface area contributed by atoms with E-state index in [1.807, 2.05) is 36.4 Å². The molecule has 5 heteroatoms. The van der Waals surface area contributed by atoms with Gasteiger partial charge in [-0.3, -0.25) is 0 Å². The first-order valence-electron chi connectivity index (χ1n) is 6.53. The number of hydrogen-bond donors (Lipinski definition) is 1. The van der Waals surface area contributed by atoms with Gasteiger partial charge in [0.1, 0.15) is 5.75 Å². The second-order valence-corrected chi connectivity index (χ2v) is 5.15. The summed E-state index contributed by atoms with van der Waals surface area (Å²) in [5, 5.41) is 14.4. The van der Waals surface area contributed by atoms with Crippen LogP contribution in [0.5, 0.6) is 5.75 Å². The Morgan fingerprint density at radius 2 is 1.76 bits per heavy atom. The summed E-state index contributed by atoms with van der Waals surface area (Å²) in [5.41, 5.74) is 1.83. The first-order valence-corrected chi connectivity index (χ1v) is 6.91. The van der Waals surface area contributed by atoms with Crippen LogP contribution in [0.25, 0.3) is 0 Å². The van der Waals surface area contributed by atoms with E-state index in [4.69, 9.17) is 16.1 Å². The molecule has 21 heavy (non-hydrogen) atoms. The van der Waals surface area contributed by atoms with E-state index in [9.17, 15) is 5.11 Å². The Hall–Kier alpha value is -2.33. The third kappa shape index (κ3) is 3.41. The lowest BCUT2D eigenvalue weighted by Crippen LogP contribution is -1.92. The van der Waals surface area contributed by atoms with Gasteiger partial charge in [-0.25, -0.2) is 0 Å². The highest BCUT2D eigenvalue weighted by Gasteiger charge is 2.10. The molecule has 0 radical (unpaired) electrons. The molecule has 1 aromatic heterocycles. The van der Waals surface area contributed by atoms with Crippen molar-refractivity contribution in [3.8, 4) is 5.75 Å². The molecule has 0 aliphatic heterocycles. The number of halogens is 1. The molecule has 3 rings (SSSR count). The second kappa shape index (κ2) is 5.97. The van der Waals surface area contributed by atoms with E-state index in [-0.39, 0.29) is 5.75 Å². The molecule has 0 bridgehead atoms. The molecule has 106 valence electrons. The van der Waals surface area contributed by atoms with E-state index in [1.165, 1.54) is 0 Å². The summed E-state index contributed by atoms with van der Waals surface area (Å²) in [6, 6.07) is 14.6. The molecule has 1 N–H and O–H groups in total. The first kappa shape index (κ1) is 13.6. The number of para-hydroxylation sites is 1. The Balaban J connectivity index is 1.72. The molecule has 0 amide bonds. The van der Waals surface area contributed by atoms with Crippen molar-refractivity contribution in [3.63, 3.8) is 0 Å². The van der Waals surface area contributed by atoms with Crippen LogP contribution in [-0.2, 0) is 12.8 Å². The summed E-state index contributed by atoms with van der Waals surface area (Å²) in [6.45, 7) is 0. The zero-order chi connectivity index (χ0) is 14.7. The standard InChI is InChI=1S/C16H13ClN2O2/c17-13-7-5-11(6-8-13)9-15-18-16(21-19-15)10-12-3-1-2-4-14(12)20/h1-8,20H,9-10H2. The van der Waals surface area contributed by atoms with Gasteiger partial charge in [-0.05, 0) is 23.8 Å². The van der Waals surface area contributed by atoms with Crippen LogP contribution >= 0.6 is 11.6 Å². The number of hydrogen-bond acceptors (Lipinski definition) is 4. The van der Waals surface area contributed by atoms with Crippen molar-refractivity contribution < 1.29 is 9.63 Å². The van der Waals surface area contributed by atoms with E-state index >= 15 is 0 Å². The van der Waals surface area contributed by atoms with Crippen molar-refractivity contribution >= 4 is 11.6 Å². The van der Waals surface area contributed by atoms with Crippen molar-refractivity contribution in [1.29, 1.82) is 0 Å². The molecule has 2 aromatic carbocycles. The number of phenols is 1. The molecule has 0 aliphatic rings. The zero-order valence-electron chi connectivity index (χ0n) is 11.2. The number of aromatic nitrogens is 2. The van der Waals surface area contributed by atoms with Crippen molar-refractivity contribution in [2.75, 3.05) is 0 Å². The SMILES string of the molecule is Oc1ccccc1Cc1nc(Cc2ccc(Cl)cc2)no1.